The summed E-state index contributed by atoms with van der Waals surface area (Å²) in [4.78, 5) is 16.4. The van der Waals surface area contributed by atoms with Gasteiger partial charge in [0, 0.05) is 44.5 Å². The summed E-state index contributed by atoms with van der Waals surface area (Å²) in [6.07, 6.45) is -0.0790. The molecule has 0 aliphatic carbocycles. The minimum atomic E-state index is -0.0790. The maximum atomic E-state index is 12.6. The van der Waals surface area contributed by atoms with E-state index >= 15 is 0 Å². The van der Waals surface area contributed by atoms with E-state index in [4.69, 9.17) is 10.5 Å². The first-order chi connectivity index (χ1) is 9.49. The number of ether oxygens (including phenoxy) is 1. The van der Waals surface area contributed by atoms with E-state index in [9.17, 15) is 4.79 Å². The van der Waals surface area contributed by atoms with Crippen molar-refractivity contribution in [2.45, 2.75) is 19.1 Å². The molecule has 0 saturated carbocycles. The fourth-order valence-corrected chi connectivity index (χ4v) is 2.28. The third-order valence-corrected chi connectivity index (χ3v) is 3.58. The molecule has 1 aromatic rings. The number of rotatable bonds is 3. The van der Waals surface area contributed by atoms with Gasteiger partial charge in [-0.05, 0) is 25.1 Å². The second-order valence-corrected chi connectivity index (χ2v) is 5.46. The van der Waals surface area contributed by atoms with Gasteiger partial charge in [0.2, 0.25) is 0 Å². The minimum Gasteiger partial charge on any atom is -0.378 e. The van der Waals surface area contributed by atoms with Crippen LogP contribution in [0, 0.1) is 0 Å². The van der Waals surface area contributed by atoms with E-state index in [2.05, 4.69) is 0 Å². The van der Waals surface area contributed by atoms with Gasteiger partial charge < -0.3 is 20.3 Å². The zero-order valence-electron chi connectivity index (χ0n) is 12.4. The van der Waals surface area contributed by atoms with Crippen molar-refractivity contribution in [1.29, 1.82) is 0 Å². The summed E-state index contributed by atoms with van der Waals surface area (Å²) in [6, 6.07) is 7.59. The van der Waals surface area contributed by atoms with E-state index in [0.29, 0.717) is 25.3 Å². The molecule has 0 bridgehead atoms. The number of hydrogen-bond donors (Lipinski definition) is 1. The number of morpholine rings is 1. The molecule has 0 aromatic heterocycles. The molecule has 5 nitrogen and oxygen atoms in total. The summed E-state index contributed by atoms with van der Waals surface area (Å²) < 4.78 is 5.59. The van der Waals surface area contributed by atoms with Gasteiger partial charge in [0.1, 0.15) is 0 Å². The molecule has 2 atom stereocenters. The van der Waals surface area contributed by atoms with Crippen molar-refractivity contribution in [3.8, 4) is 0 Å². The molecule has 0 spiro atoms. The topological polar surface area (TPSA) is 58.8 Å². The Hall–Kier alpha value is -1.59. The Balaban J connectivity index is 2.12. The van der Waals surface area contributed by atoms with Crippen LogP contribution in [0.5, 0.6) is 0 Å². The van der Waals surface area contributed by atoms with Gasteiger partial charge in [-0.15, -0.1) is 0 Å². The number of nitrogens with two attached hydrogens (primary N) is 1. The SMILES string of the molecule is CC(N)C1CN(C(=O)c2cccc(N(C)C)c2)CCO1. The largest absolute Gasteiger partial charge is 0.378 e. The first kappa shape index (κ1) is 14.8. The van der Waals surface area contributed by atoms with Gasteiger partial charge in [0.15, 0.2) is 0 Å². The molecule has 2 rings (SSSR count). The van der Waals surface area contributed by atoms with Crippen molar-refractivity contribution in [2.75, 3.05) is 38.7 Å². The van der Waals surface area contributed by atoms with Crippen LogP contribution in [0.4, 0.5) is 5.69 Å². The highest BCUT2D eigenvalue weighted by Crippen LogP contribution is 2.17. The van der Waals surface area contributed by atoms with Crippen LogP contribution < -0.4 is 10.6 Å². The predicted molar refractivity (Wildman–Crippen MR) is 80.1 cm³/mol. The number of benzene rings is 1. The van der Waals surface area contributed by atoms with Crippen LogP contribution in [0.2, 0.25) is 0 Å². The number of amides is 1. The third-order valence-electron chi connectivity index (χ3n) is 3.58. The van der Waals surface area contributed by atoms with Crippen LogP contribution in [0.25, 0.3) is 0 Å². The molecule has 1 aliphatic rings. The number of nitrogens with zero attached hydrogens (tertiary/aromatic N) is 2. The maximum Gasteiger partial charge on any atom is 0.254 e. The highest BCUT2D eigenvalue weighted by molar-refractivity contribution is 5.95. The Morgan fingerprint density at radius 1 is 1.50 bits per heavy atom. The van der Waals surface area contributed by atoms with Crippen LogP contribution in [-0.4, -0.2) is 56.7 Å². The first-order valence-electron chi connectivity index (χ1n) is 6.93. The van der Waals surface area contributed by atoms with Crippen molar-refractivity contribution >= 4 is 11.6 Å². The van der Waals surface area contributed by atoms with Gasteiger partial charge in [-0.1, -0.05) is 6.07 Å². The fourth-order valence-electron chi connectivity index (χ4n) is 2.28. The van der Waals surface area contributed by atoms with Gasteiger partial charge in [0.05, 0.1) is 12.7 Å². The molecule has 1 aromatic carbocycles. The summed E-state index contributed by atoms with van der Waals surface area (Å²) in [6.45, 7) is 3.63. The van der Waals surface area contributed by atoms with E-state index in [1.807, 2.05) is 55.1 Å². The maximum absolute atomic E-state index is 12.6. The lowest BCUT2D eigenvalue weighted by molar-refractivity contribution is -0.0300. The van der Waals surface area contributed by atoms with Crippen molar-refractivity contribution in [1.82, 2.24) is 4.90 Å². The second-order valence-electron chi connectivity index (χ2n) is 5.46. The number of anilines is 1. The summed E-state index contributed by atoms with van der Waals surface area (Å²) >= 11 is 0. The van der Waals surface area contributed by atoms with Gasteiger partial charge in [-0.3, -0.25) is 4.79 Å². The number of hydrogen-bond acceptors (Lipinski definition) is 4. The van der Waals surface area contributed by atoms with Crippen molar-refractivity contribution < 1.29 is 9.53 Å². The molecule has 1 amide bonds. The zero-order chi connectivity index (χ0) is 14.7. The molecular formula is C15H23N3O2. The quantitative estimate of drug-likeness (QED) is 0.893. The third kappa shape index (κ3) is 3.29. The Labute approximate surface area is 120 Å². The van der Waals surface area contributed by atoms with Crippen molar-refractivity contribution in [3.63, 3.8) is 0 Å². The molecule has 20 heavy (non-hydrogen) atoms. The summed E-state index contributed by atoms with van der Waals surface area (Å²) in [7, 11) is 3.93. The second kappa shape index (κ2) is 6.24. The molecule has 1 saturated heterocycles. The summed E-state index contributed by atoms with van der Waals surface area (Å²) in [5.41, 5.74) is 7.59. The van der Waals surface area contributed by atoms with E-state index in [-0.39, 0.29) is 18.1 Å². The lowest BCUT2D eigenvalue weighted by Gasteiger charge is -2.34. The van der Waals surface area contributed by atoms with E-state index in [1.54, 1.807) is 0 Å². The Morgan fingerprint density at radius 2 is 2.25 bits per heavy atom. The molecule has 1 fully saturated rings. The van der Waals surface area contributed by atoms with Crippen LogP contribution in [0.15, 0.2) is 24.3 Å². The van der Waals surface area contributed by atoms with E-state index < -0.39 is 0 Å². The van der Waals surface area contributed by atoms with Gasteiger partial charge in [0.25, 0.3) is 5.91 Å². The average Bonchev–Trinajstić information content (AvgIpc) is 2.46. The van der Waals surface area contributed by atoms with Gasteiger partial charge in [-0.25, -0.2) is 0 Å². The highest BCUT2D eigenvalue weighted by Gasteiger charge is 2.27. The van der Waals surface area contributed by atoms with Crippen molar-refractivity contribution in [2.24, 2.45) is 5.73 Å². The Kier molecular flexibility index (Phi) is 4.62. The monoisotopic (exact) mass is 277 g/mol. The average molecular weight is 277 g/mol. The van der Waals surface area contributed by atoms with Crippen LogP contribution >= 0.6 is 0 Å². The molecule has 2 unspecified atom stereocenters. The molecule has 110 valence electrons. The molecule has 5 heteroatoms. The first-order valence-corrected chi connectivity index (χ1v) is 6.93. The smallest absolute Gasteiger partial charge is 0.254 e. The van der Waals surface area contributed by atoms with Crippen LogP contribution in [0.1, 0.15) is 17.3 Å². The number of carbonyl (C=O) groups is 1. The summed E-state index contributed by atoms with van der Waals surface area (Å²) in [5.74, 6) is 0.0441. The summed E-state index contributed by atoms with van der Waals surface area (Å²) in [5, 5.41) is 0. The van der Waals surface area contributed by atoms with Crippen LogP contribution in [0.3, 0.4) is 0 Å². The highest BCUT2D eigenvalue weighted by atomic mass is 16.5. The molecule has 2 N–H and O–H groups in total. The van der Waals surface area contributed by atoms with Crippen LogP contribution in [-0.2, 0) is 4.74 Å². The minimum absolute atomic E-state index is 0.0441. The molecule has 0 radical (unpaired) electrons. The zero-order valence-corrected chi connectivity index (χ0v) is 12.4. The molecule has 1 aliphatic heterocycles. The standard InChI is InChI=1S/C15H23N3O2/c1-11(16)14-10-18(7-8-20-14)15(19)12-5-4-6-13(9-12)17(2)3/h4-6,9,11,14H,7-8,10,16H2,1-3H3. The lowest BCUT2D eigenvalue weighted by Crippen LogP contribution is -2.51. The Bertz CT molecular complexity index is 474. The lowest BCUT2D eigenvalue weighted by atomic mass is 10.1. The Morgan fingerprint density at radius 3 is 2.90 bits per heavy atom. The fraction of sp³-hybridized carbons (Fsp3) is 0.533. The van der Waals surface area contributed by atoms with E-state index in [0.717, 1.165) is 5.69 Å². The van der Waals surface area contributed by atoms with Gasteiger partial charge >= 0.3 is 0 Å². The molecular weight excluding hydrogens is 254 g/mol. The normalized spacial score (nSPS) is 20.6. The predicted octanol–water partition coefficient (Wildman–Crippen LogP) is 0.941. The van der Waals surface area contributed by atoms with Gasteiger partial charge in [-0.2, -0.15) is 0 Å². The number of carbonyl (C=O) groups excluding carboxylic acids is 1. The van der Waals surface area contributed by atoms with E-state index in [1.165, 1.54) is 0 Å². The van der Waals surface area contributed by atoms with Crippen molar-refractivity contribution in [3.05, 3.63) is 29.8 Å². The molecule has 1 heterocycles.